The Labute approximate surface area is 190 Å². The third-order valence-corrected chi connectivity index (χ3v) is 5.45. The number of hydrogen-bond acceptors (Lipinski definition) is 8. The highest BCUT2D eigenvalue weighted by molar-refractivity contribution is 5.89. The molecule has 0 amide bonds. The molecule has 0 N–H and O–H groups in total. The first kappa shape index (κ1) is 20.8. The first-order chi connectivity index (χ1) is 16.2. The van der Waals surface area contributed by atoms with Gasteiger partial charge in [-0.1, -0.05) is 12.1 Å². The van der Waals surface area contributed by atoms with Crippen LogP contribution in [0.3, 0.4) is 0 Å². The fraction of sp³-hybridized carbons (Fsp3) is 0.200. The van der Waals surface area contributed by atoms with Gasteiger partial charge in [0, 0.05) is 36.7 Å². The minimum absolute atomic E-state index is 0.346. The van der Waals surface area contributed by atoms with Crippen molar-refractivity contribution in [1.82, 2.24) is 15.0 Å². The largest absolute Gasteiger partial charge is 0.465 e. The molecule has 0 bridgehead atoms. The summed E-state index contributed by atoms with van der Waals surface area (Å²) in [5.74, 6) is 0.471. The number of nitrogens with zero attached hydrogens (tertiary/aromatic N) is 4. The lowest BCUT2D eigenvalue weighted by molar-refractivity contribution is 0.0600. The van der Waals surface area contributed by atoms with E-state index in [0.717, 1.165) is 43.2 Å². The van der Waals surface area contributed by atoms with Gasteiger partial charge in [0.25, 0.3) is 0 Å². The number of hydrogen-bond donors (Lipinski definition) is 0. The van der Waals surface area contributed by atoms with Gasteiger partial charge < -0.3 is 19.1 Å². The van der Waals surface area contributed by atoms with Crippen LogP contribution in [0.1, 0.15) is 10.4 Å². The van der Waals surface area contributed by atoms with Crippen molar-refractivity contribution in [2.24, 2.45) is 0 Å². The number of anilines is 1. The summed E-state index contributed by atoms with van der Waals surface area (Å²) in [4.78, 5) is 27.6. The summed E-state index contributed by atoms with van der Waals surface area (Å²) in [6.45, 7) is 3.26. The average Bonchev–Trinajstić information content (AvgIpc) is 2.89. The molecule has 0 atom stereocenters. The molecular formula is C25H22N4O4. The normalized spacial score (nSPS) is 13.7. The molecule has 0 unspecified atom stereocenters. The third-order valence-electron chi connectivity index (χ3n) is 5.45. The molecule has 5 rings (SSSR count). The number of rotatable bonds is 5. The van der Waals surface area contributed by atoms with Gasteiger partial charge in [-0.2, -0.15) is 0 Å². The van der Waals surface area contributed by atoms with Crippen LogP contribution in [-0.4, -0.2) is 54.3 Å². The van der Waals surface area contributed by atoms with Crippen LogP contribution in [0.5, 0.6) is 11.6 Å². The number of carbonyl (C=O) groups excluding carboxylic acids is 1. The zero-order chi connectivity index (χ0) is 22.6. The van der Waals surface area contributed by atoms with Gasteiger partial charge in [0.1, 0.15) is 5.75 Å². The fourth-order valence-corrected chi connectivity index (χ4v) is 3.72. The number of carbonyl (C=O) groups is 1. The summed E-state index contributed by atoms with van der Waals surface area (Å²) in [5, 5.41) is 0. The second-order valence-corrected chi connectivity index (χ2v) is 7.50. The number of esters is 1. The van der Waals surface area contributed by atoms with Crippen LogP contribution >= 0.6 is 0 Å². The van der Waals surface area contributed by atoms with E-state index in [9.17, 15) is 4.79 Å². The molecule has 0 aliphatic carbocycles. The Balaban J connectivity index is 1.46. The van der Waals surface area contributed by atoms with Crippen molar-refractivity contribution < 1.29 is 19.0 Å². The van der Waals surface area contributed by atoms with E-state index in [4.69, 9.17) is 19.2 Å². The molecule has 8 nitrogen and oxygen atoms in total. The van der Waals surface area contributed by atoms with Gasteiger partial charge >= 0.3 is 5.97 Å². The van der Waals surface area contributed by atoms with Crippen LogP contribution in [0, 0.1) is 0 Å². The first-order valence-electron chi connectivity index (χ1n) is 10.6. The third kappa shape index (κ3) is 4.47. The van der Waals surface area contributed by atoms with Crippen molar-refractivity contribution in [2.45, 2.75) is 0 Å². The molecule has 8 heteroatoms. The van der Waals surface area contributed by atoms with Crippen LogP contribution in [-0.2, 0) is 9.47 Å². The maximum Gasteiger partial charge on any atom is 0.337 e. The van der Waals surface area contributed by atoms with Crippen molar-refractivity contribution in [1.29, 1.82) is 0 Å². The van der Waals surface area contributed by atoms with Crippen LogP contribution in [0.15, 0.2) is 67.0 Å². The number of aromatic nitrogens is 3. The fourth-order valence-electron chi connectivity index (χ4n) is 3.72. The molecule has 3 heterocycles. The molecule has 4 aromatic rings. The Morgan fingerprint density at radius 3 is 2.42 bits per heavy atom. The van der Waals surface area contributed by atoms with E-state index in [-0.39, 0.29) is 0 Å². The second-order valence-electron chi connectivity index (χ2n) is 7.50. The van der Waals surface area contributed by atoms with Crippen LogP contribution in [0.25, 0.3) is 22.3 Å². The van der Waals surface area contributed by atoms with E-state index in [1.54, 1.807) is 36.7 Å². The summed E-state index contributed by atoms with van der Waals surface area (Å²) in [5.41, 5.74) is 4.52. The highest BCUT2D eigenvalue weighted by Crippen LogP contribution is 2.31. The Bertz CT molecular complexity index is 1270. The van der Waals surface area contributed by atoms with Gasteiger partial charge in [-0.15, -0.1) is 0 Å². The molecule has 0 radical (unpaired) electrons. The lowest BCUT2D eigenvalue weighted by Crippen LogP contribution is -2.36. The first-order valence-corrected chi connectivity index (χ1v) is 10.6. The van der Waals surface area contributed by atoms with Crippen molar-refractivity contribution in [3.63, 3.8) is 0 Å². The Kier molecular flexibility index (Phi) is 5.82. The SMILES string of the molecule is COC(=O)c1ccc(Oc2nc(-c3ccc(N4CCOCC4)cc3)cc3nccnc23)cc1. The molecule has 2 aromatic heterocycles. The molecule has 1 saturated heterocycles. The minimum Gasteiger partial charge on any atom is -0.465 e. The number of morpholine rings is 1. The lowest BCUT2D eigenvalue weighted by Gasteiger charge is -2.28. The van der Waals surface area contributed by atoms with Gasteiger partial charge in [0.15, 0.2) is 5.52 Å². The predicted octanol–water partition coefficient (Wildman–Crippen LogP) is 4.11. The Morgan fingerprint density at radius 2 is 1.70 bits per heavy atom. The van der Waals surface area contributed by atoms with E-state index in [1.165, 1.54) is 7.11 Å². The van der Waals surface area contributed by atoms with Crippen LogP contribution in [0.4, 0.5) is 5.69 Å². The number of fused-ring (bicyclic) bond motifs is 1. The summed E-state index contributed by atoms with van der Waals surface area (Å²) in [6, 6.07) is 16.9. The van der Waals surface area contributed by atoms with Crippen LogP contribution in [0.2, 0.25) is 0 Å². The maximum absolute atomic E-state index is 11.7. The molecule has 1 aliphatic rings. The number of methoxy groups -OCH3 is 1. The smallest absolute Gasteiger partial charge is 0.337 e. The molecule has 1 fully saturated rings. The molecule has 1 aliphatic heterocycles. The maximum atomic E-state index is 11.7. The van der Waals surface area contributed by atoms with Gasteiger partial charge in [-0.05, 0) is 42.5 Å². The molecule has 166 valence electrons. The van der Waals surface area contributed by atoms with Crippen molar-refractivity contribution in [3.05, 3.63) is 72.6 Å². The van der Waals surface area contributed by atoms with E-state index in [1.807, 2.05) is 18.2 Å². The van der Waals surface area contributed by atoms with Gasteiger partial charge in [0.05, 0.1) is 37.1 Å². The average molecular weight is 442 g/mol. The monoisotopic (exact) mass is 442 g/mol. The van der Waals surface area contributed by atoms with Crippen molar-refractivity contribution in [3.8, 4) is 22.9 Å². The standard InChI is InChI=1S/C25H22N4O4/c1-31-25(30)18-4-8-20(9-5-18)33-24-23-22(26-10-11-27-23)16-21(28-24)17-2-6-19(7-3-17)29-12-14-32-15-13-29/h2-11,16H,12-15H2,1H3. The summed E-state index contributed by atoms with van der Waals surface area (Å²) >= 11 is 0. The summed E-state index contributed by atoms with van der Waals surface area (Å²) < 4.78 is 16.2. The highest BCUT2D eigenvalue weighted by Gasteiger charge is 2.15. The highest BCUT2D eigenvalue weighted by atomic mass is 16.5. The molecule has 33 heavy (non-hydrogen) atoms. The van der Waals surface area contributed by atoms with Gasteiger partial charge in [-0.25, -0.2) is 14.8 Å². The zero-order valence-electron chi connectivity index (χ0n) is 18.1. The number of benzene rings is 2. The molecular weight excluding hydrogens is 420 g/mol. The van der Waals surface area contributed by atoms with E-state index in [2.05, 4.69) is 27.0 Å². The topological polar surface area (TPSA) is 86.7 Å². The minimum atomic E-state index is -0.404. The van der Waals surface area contributed by atoms with Crippen molar-refractivity contribution in [2.75, 3.05) is 38.3 Å². The summed E-state index contributed by atoms with van der Waals surface area (Å²) in [6.07, 6.45) is 3.25. The van der Waals surface area contributed by atoms with E-state index < -0.39 is 5.97 Å². The molecule has 0 spiro atoms. The van der Waals surface area contributed by atoms with E-state index >= 15 is 0 Å². The predicted molar refractivity (Wildman–Crippen MR) is 124 cm³/mol. The molecule has 0 saturated carbocycles. The van der Waals surface area contributed by atoms with Crippen LogP contribution < -0.4 is 9.64 Å². The Hall–Kier alpha value is -4.04. The zero-order valence-corrected chi connectivity index (χ0v) is 18.1. The second kappa shape index (κ2) is 9.22. The quantitative estimate of drug-likeness (QED) is 0.427. The number of ether oxygens (including phenoxy) is 3. The Morgan fingerprint density at radius 1 is 0.970 bits per heavy atom. The van der Waals surface area contributed by atoms with Gasteiger partial charge in [0.2, 0.25) is 5.88 Å². The summed E-state index contributed by atoms with van der Waals surface area (Å²) in [7, 11) is 1.35. The lowest BCUT2D eigenvalue weighted by atomic mass is 10.1. The molecule has 2 aromatic carbocycles. The van der Waals surface area contributed by atoms with Gasteiger partial charge in [-0.3, -0.25) is 4.98 Å². The number of pyridine rings is 1. The van der Waals surface area contributed by atoms with Crippen molar-refractivity contribution >= 4 is 22.7 Å². The van der Waals surface area contributed by atoms with E-state index in [0.29, 0.717) is 28.2 Å².